The molecular weight excluding hydrogens is 205 g/mol. The van der Waals surface area contributed by atoms with E-state index in [4.69, 9.17) is 16.3 Å². The number of hydrogen-bond donors (Lipinski definition) is 0. The van der Waals surface area contributed by atoms with E-state index in [2.05, 4.69) is 4.99 Å². The number of ether oxygens (including phenoxy) is 1. The summed E-state index contributed by atoms with van der Waals surface area (Å²) in [4.78, 5) is 4.00. The third-order valence-electron chi connectivity index (χ3n) is 2.25. The molecule has 0 radical (unpaired) electrons. The van der Waals surface area contributed by atoms with Gasteiger partial charge in [-0.05, 0) is 11.6 Å². The lowest BCUT2D eigenvalue weighted by atomic mass is 10.0. The third-order valence-corrected chi connectivity index (χ3v) is 2.60. The Morgan fingerprint density at radius 3 is 3.07 bits per heavy atom. The molecule has 2 rings (SSSR count). The highest BCUT2D eigenvalue weighted by Gasteiger charge is 2.20. The largest absolute Gasteiger partial charge is 0.494 e. The maximum atomic E-state index is 13.7. The first-order chi connectivity index (χ1) is 6.74. The Hall–Kier alpha value is -1.09. The molecule has 0 N–H and O–H groups in total. The average molecular weight is 214 g/mol. The van der Waals surface area contributed by atoms with E-state index in [0.29, 0.717) is 12.0 Å². The summed E-state index contributed by atoms with van der Waals surface area (Å²) >= 11 is 5.91. The number of rotatable bonds is 1. The fraction of sp³-hybridized carbons (Fsp3) is 0.300. The molecule has 1 aliphatic rings. The van der Waals surface area contributed by atoms with Crippen molar-refractivity contribution < 1.29 is 9.13 Å². The number of nitrogens with zero attached hydrogens (tertiary/aromatic N) is 1. The van der Waals surface area contributed by atoms with Crippen LogP contribution < -0.4 is 4.74 Å². The zero-order valence-corrected chi connectivity index (χ0v) is 8.38. The van der Waals surface area contributed by atoms with Crippen molar-refractivity contribution in [1.82, 2.24) is 0 Å². The Balaban J connectivity index is 2.55. The maximum absolute atomic E-state index is 13.7. The number of methoxy groups -OCH3 is 1. The molecule has 1 aliphatic heterocycles. The van der Waals surface area contributed by atoms with Gasteiger partial charge in [-0.25, -0.2) is 4.39 Å². The van der Waals surface area contributed by atoms with E-state index in [1.54, 1.807) is 18.3 Å². The summed E-state index contributed by atoms with van der Waals surface area (Å²) in [6, 6.07) is 3.33. The summed E-state index contributed by atoms with van der Waals surface area (Å²) in [5.74, 6) is -0.0790. The van der Waals surface area contributed by atoms with E-state index in [-0.39, 0.29) is 11.6 Å². The van der Waals surface area contributed by atoms with E-state index < -0.39 is 5.50 Å². The predicted octanol–water partition coefficient (Wildman–Crippen LogP) is 2.70. The number of aliphatic imine (C=N–C) groups is 1. The Morgan fingerprint density at radius 2 is 2.36 bits per heavy atom. The van der Waals surface area contributed by atoms with Gasteiger partial charge >= 0.3 is 0 Å². The van der Waals surface area contributed by atoms with Crippen molar-refractivity contribution in [2.75, 3.05) is 7.11 Å². The minimum absolute atomic E-state index is 0.253. The van der Waals surface area contributed by atoms with Crippen LogP contribution in [-0.4, -0.2) is 13.3 Å². The third kappa shape index (κ3) is 1.38. The molecule has 1 atom stereocenters. The van der Waals surface area contributed by atoms with Crippen LogP contribution in [0.2, 0.25) is 0 Å². The van der Waals surface area contributed by atoms with Crippen molar-refractivity contribution in [2.24, 2.45) is 4.99 Å². The molecule has 1 unspecified atom stereocenters. The van der Waals surface area contributed by atoms with Crippen LogP contribution in [-0.2, 0) is 6.42 Å². The van der Waals surface area contributed by atoms with E-state index in [9.17, 15) is 4.39 Å². The molecule has 14 heavy (non-hydrogen) atoms. The Bertz CT molecular complexity index is 392. The van der Waals surface area contributed by atoms with Crippen molar-refractivity contribution in [3.05, 3.63) is 29.1 Å². The van der Waals surface area contributed by atoms with Gasteiger partial charge in [0.2, 0.25) is 0 Å². The predicted molar refractivity (Wildman–Crippen MR) is 53.7 cm³/mol. The van der Waals surface area contributed by atoms with Gasteiger partial charge in [0.25, 0.3) is 0 Å². The molecule has 0 aromatic heterocycles. The second kappa shape index (κ2) is 3.58. The molecule has 0 saturated carbocycles. The van der Waals surface area contributed by atoms with Gasteiger partial charge in [-0.15, -0.1) is 0 Å². The van der Waals surface area contributed by atoms with Crippen LogP contribution >= 0.6 is 11.6 Å². The van der Waals surface area contributed by atoms with Crippen molar-refractivity contribution in [3.63, 3.8) is 0 Å². The summed E-state index contributed by atoms with van der Waals surface area (Å²) in [5.41, 5.74) is 0.839. The zero-order chi connectivity index (χ0) is 10.1. The molecule has 4 heteroatoms. The van der Waals surface area contributed by atoms with Gasteiger partial charge in [0.15, 0.2) is 11.6 Å². The van der Waals surface area contributed by atoms with E-state index >= 15 is 0 Å². The molecule has 1 aromatic rings. The highest BCUT2D eigenvalue weighted by molar-refractivity contribution is 6.21. The fourth-order valence-corrected chi connectivity index (χ4v) is 1.80. The molecule has 0 spiro atoms. The molecule has 1 aromatic carbocycles. The SMILES string of the molecule is COc1ccc2c(c1F)CC=NC2Cl. The molecule has 0 saturated heterocycles. The molecule has 0 bridgehead atoms. The van der Waals surface area contributed by atoms with Crippen LogP contribution in [0.1, 0.15) is 16.6 Å². The first-order valence-corrected chi connectivity index (χ1v) is 4.68. The highest BCUT2D eigenvalue weighted by Crippen LogP contribution is 2.33. The second-order valence-corrected chi connectivity index (χ2v) is 3.43. The smallest absolute Gasteiger partial charge is 0.168 e. The van der Waals surface area contributed by atoms with Crippen LogP contribution in [0.4, 0.5) is 4.39 Å². The molecule has 2 nitrogen and oxygen atoms in total. The van der Waals surface area contributed by atoms with Crippen LogP contribution in [0, 0.1) is 5.82 Å². The molecule has 0 amide bonds. The van der Waals surface area contributed by atoms with Gasteiger partial charge in [0.1, 0.15) is 5.50 Å². The second-order valence-electron chi connectivity index (χ2n) is 3.02. The molecular formula is C10H9ClFNO. The van der Waals surface area contributed by atoms with E-state index in [0.717, 1.165) is 5.56 Å². The molecule has 74 valence electrons. The average Bonchev–Trinajstić information content (AvgIpc) is 2.20. The summed E-state index contributed by atoms with van der Waals surface area (Å²) in [6.07, 6.45) is 2.10. The van der Waals surface area contributed by atoms with Crippen molar-refractivity contribution in [1.29, 1.82) is 0 Å². The fourth-order valence-electron chi connectivity index (χ4n) is 1.52. The topological polar surface area (TPSA) is 21.6 Å². The highest BCUT2D eigenvalue weighted by atomic mass is 35.5. The Labute approximate surface area is 86.4 Å². The van der Waals surface area contributed by atoms with Crippen LogP contribution in [0.15, 0.2) is 17.1 Å². The van der Waals surface area contributed by atoms with Crippen LogP contribution in [0.5, 0.6) is 5.75 Å². The minimum Gasteiger partial charge on any atom is -0.494 e. The first kappa shape index (κ1) is 9.46. The standard InChI is InChI=1S/C10H9ClFNO/c1-14-8-3-2-7-6(9(8)12)4-5-13-10(7)11/h2-3,5,10H,4H2,1H3. The quantitative estimate of drug-likeness (QED) is 0.519. The maximum Gasteiger partial charge on any atom is 0.168 e. The molecule has 0 aliphatic carbocycles. The monoisotopic (exact) mass is 213 g/mol. The van der Waals surface area contributed by atoms with Crippen molar-refractivity contribution >= 4 is 17.8 Å². The lowest BCUT2D eigenvalue weighted by Gasteiger charge is -2.17. The lowest BCUT2D eigenvalue weighted by Crippen LogP contribution is -2.07. The normalized spacial score (nSPS) is 19.2. The number of fused-ring (bicyclic) bond motifs is 1. The van der Waals surface area contributed by atoms with Gasteiger partial charge < -0.3 is 4.74 Å². The van der Waals surface area contributed by atoms with Crippen molar-refractivity contribution in [3.8, 4) is 5.75 Å². The number of alkyl halides is 1. The summed E-state index contributed by atoms with van der Waals surface area (Å²) in [5, 5.41) is 0. The first-order valence-electron chi connectivity index (χ1n) is 4.25. The minimum atomic E-state index is -0.473. The molecule has 0 fully saturated rings. The lowest BCUT2D eigenvalue weighted by molar-refractivity contribution is 0.384. The zero-order valence-electron chi connectivity index (χ0n) is 7.63. The van der Waals surface area contributed by atoms with E-state index in [1.165, 1.54) is 7.11 Å². The number of hydrogen-bond acceptors (Lipinski definition) is 2. The molecule has 1 heterocycles. The number of halogens is 2. The van der Waals surface area contributed by atoms with Gasteiger partial charge in [-0.1, -0.05) is 17.7 Å². The Kier molecular flexibility index (Phi) is 2.42. The summed E-state index contributed by atoms with van der Waals surface area (Å²) < 4.78 is 18.6. The summed E-state index contributed by atoms with van der Waals surface area (Å²) in [7, 11) is 1.44. The van der Waals surface area contributed by atoms with Gasteiger partial charge in [0, 0.05) is 18.2 Å². The Morgan fingerprint density at radius 1 is 1.57 bits per heavy atom. The van der Waals surface area contributed by atoms with Crippen molar-refractivity contribution in [2.45, 2.75) is 11.9 Å². The van der Waals surface area contributed by atoms with Gasteiger partial charge in [-0.3, -0.25) is 4.99 Å². The number of benzene rings is 1. The summed E-state index contributed by atoms with van der Waals surface area (Å²) in [6.45, 7) is 0. The van der Waals surface area contributed by atoms with Crippen LogP contribution in [0.25, 0.3) is 0 Å². The van der Waals surface area contributed by atoms with E-state index in [1.807, 2.05) is 0 Å². The van der Waals surface area contributed by atoms with Crippen LogP contribution in [0.3, 0.4) is 0 Å². The van der Waals surface area contributed by atoms with Gasteiger partial charge in [0.05, 0.1) is 7.11 Å². The van der Waals surface area contributed by atoms with Gasteiger partial charge in [-0.2, -0.15) is 0 Å².